The van der Waals surface area contributed by atoms with Crippen LogP contribution in [0.25, 0.3) is 0 Å². The Kier molecular flexibility index (Phi) is 11.2. The fourth-order valence-corrected chi connectivity index (χ4v) is 9.50. The summed E-state index contributed by atoms with van der Waals surface area (Å²) < 4.78 is 30.0. The van der Waals surface area contributed by atoms with Gasteiger partial charge < -0.3 is 25.0 Å². The van der Waals surface area contributed by atoms with Crippen LogP contribution >= 0.6 is 19.4 Å². The number of aliphatic carboxylic acids is 1. The number of rotatable bonds is 14. The molecular formula is C38H49ClN3O7P. The Morgan fingerprint density at radius 2 is 1.96 bits per heavy atom. The van der Waals surface area contributed by atoms with Gasteiger partial charge in [-0.2, -0.15) is 0 Å². The van der Waals surface area contributed by atoms with Crippen LogP contribution in [0.2, 0.25) is 5.02 Å². The van der Waals surface area contributed by atoms with E-state index in [1.54, 1.807) is 25.2 Å². The predicted octanol–water partition coefficient (Wildman–Crippen LogP) is 7.91. The van der Waals surface area contributed by atoms with E-state index >= 15 is 0 Å². The Hall–Kier alpha value is -3.14. The Morgan fingerprint density at radius 1 is 1.16 bits per heavy atom. The number of likely N-dealkylation sites (N-methyl/N-ethyl adjacent to an activating group) is 1. The number of hydrogen-bond donors (Lipinski definition) is 4. The van der Waals surface area contributed by atoms with Crippen LogP contribution < -0.4 is 19.9 Å². The van der Waals surface area contributed by atoms with Gasteiger partial charge in [-0.3, -0.25) is 14.4 Å². The zero-order valence-electron chi connectivity index (χ0n) is 29.1. The Balaban J connectivity index is 1.25. The van der Waals surface area contributed by atoms with Crippen molar-refractivity contribution in [3.63, 3.8) is 0 Å². The number of carboxylic acids is 1. The van der Waals surface area contributed by atoms with E-state index in [1.807, 2.05) is 36.5 Å². The summed E-state index contributed by atoms with van der Waals surface area (Å²) >= 11 is 6.25. The molecule has 1 saturated carbocycles. The third kappa shape index (κ3) is 7.85. The number of anilines is 1. The van der Waals surface area contributed by atoms with Gasteiger partial charge >= 0.3 is 13.8 Å². The highest BCUT2D eigenvalue weighted by Crippen LogP contribution is 2.57. The molecule has 2 unspecified atom stereocenters. The molecule has 50 heavy (non-hydrogen) atoms. The van der Waals surface area contributed by atoms with Crippen molar-refractivity contribution in [2.45, 2.75) is 88.5 Å². The first-order valence-electron chi connectivity index (χ1n) is 17.8. The molecule has 0 bridgehead atoms. The van der Waals surface area contributed by atoms with Crippen molar-refractivity contribution in [3.05, 3.63) is 82.1 Å². The fourth-order valence-electron chi connectivity index (χ4n) is 8.56. The summed E-state index contributed by atoms with van der Waals surface area (Å²) in [6.07, 6.45) is 8.84. The van der Waals surface area contributed by atoms with E-state index in [0.717, 1.165) is 54.7 Å². The number of pyridine rings is 1. The Labute approximate surface area is 299 Å². The number of benzene rings is 2. The number of carbonyl (C=O) groups is 1. The third-order valence-electron chi connectivity index (χ3n) is 11.1. The van der Waals surface area contributed by atoms with Crippen molar-refractivity contribution in [1.82, 2.24) is 10.3 Å². The lowest BCUT2D eigenvalue weighted by atomic mass is 9.59. The second-order valence-electron chi connectivity index (χ2n) is 14.5. The number of nitrogens with one attached hydrogen (secondary N) is 2. The first-order chi connectivity index (χ1) is 23.9. The highest BCUT2D eigenvalue weighted by molar-refractivity contribution is 7.47. The van der Waals surface area contributed by atoms with E-state index < -0.39 is 19.3 Å². The summed E-state index contributed by atoms with van der Waals surface area (Å²) in [5, 5.41) is 17.3. The van der Waals surface area contributed by atoms with E-state index in [9.17, 15) is 19.4 Å². The quantitative estimate of drug-likeness (QED) is 0.0958. The smallest absolute Gasteiger partial charge is 0.493 e. The molecular weight excluding hydrogens is 677 g/mol. The van der Waals surface area contributed by atoms with Gasteiger partial charge in [-0.1, -0.05) is 37.6 Å². The van der Waals surface area contributed by atoms with Gasteiger partial charge in [-0.15, -0.1) is 0 Å². The molecule has 6 rings (SSSR count). The average Bonchev–Trinajstić information content (AvgIpc) is 3.36. The predicted molar refractivity (Wildman–Crippen MR) is 194 cm³/mol. The second-order valence-corrected chi connectivity index (χ2v) is 16.3. The molecule has 12 heteroatoms. The van der Waals surface area contributed by atoms with Gasteiger partial charge in [0, 0.05) is 34.7 Å². The van der Waals surface area contributed by atoms with Gasteiger partial charge in [-0.25, -0.2) is 9.36 Å². The molecule has 0 amide bonds. The first-order valence-corrected chi connectivity index (χ1v) is 19.6. The number of halogens is 1. The van der Waals surface area contributed by atoms with Crippen molar-refractivity contribution in [3.8, 4) is 11.5 Å². The van der Waals surface area contributed by atoms with Crippen molar-refractivity contribution in [2.75, 3.05) is 32.1 Å². The largest absolute Gasteiger partial charge is 0.527 e. The summed E-state index contributed by atoms with van der Waals surface area (Å²) in [6, 6.07) is 14.7. The molecule has 270 valence electrons. The third-order valence-corrected chi connectivity index (χ3v) is 12.3. The van der Waals surface area contributed by atoms with Gasteiger partial charge in [0.1, 0.15) is 17.0 Å². The number of hydrogen-bond acceptors (Lipinski definition) is 8. The molecule has 10 nitrogen and oxygen atoms in total. The van der Waals surface area contributed by atoms with Gasteiger partial charge in [0.15, 0.2) is 0 Å². The molecule has 1 heterocycles. The molecule has 0 aliphatic heterocycles. The number of aryl methyl sites for hydroxylation is 1. The van der Waals surface area contributed by atoms with Crippen LogP contribution in [-0.2, 0) is 32.1 Å². The molecule has 3 aromatic rings. The van der Waals surface area contributed by atoms with E-state index in [2.05, 4.69) is 29.5 Å². The minimum atomic E-state index is -4.35. The van der Waals surface area contributed by atoms with Crippen LogP contribution in [-0.4, -0.2) is 53.3 Å². The maximum Gasteiger partial charge on any atom is 0.527 e. The Morgan fingerprint density at radius 3 is 2.70 bits per heavy atom. The van der Waals surface area contributed by atoms with E-state index in [0.29, 0.717) is 55.5 Å². The Bertz CT molecular complexity index is 1730. The molecule has 0 saturated heterocycles. The van der Waals surface area contributed by atoms with Crippen molar-refractivity contribution < 1.29 is 33.1 Å². The van der Waals surface area contributed by atoms with E-state index in [-0.39, 0.29) is 29.6 Å². The number of phosphoric acid groups is 1. The van der Waals surface area contributed by atoms with Crippen LogP contribution in [0.4, 0.5) is 5.69 Å². The van der Waals surface area contributed by atoms with Gasteiger partial charge in [0.05, 0.1) is 13.2 Å². The number of phosphoric ester groups is 1. The molecule has 1 aromatic heterocycles. The van der Waals surface area contributed by atoms with Crippen molar-refractivity contribution in [1.29, 1.82) is 0 Å². The molecule has 1 fully saturated rings. The number of ether oxygens (including phenoxy) is 1. The molecule has 2 aromatic carbocycles. The first kappa shape index (κ1) is 36.6. The normalized spacial score (nSPS) is 26.0. The number of nitrogens with zero attached hydrogens (tertiary/aromatic N) is 1. The molecule has 1 spiro atoms. The maximum absolute atomic E-state index is 12.9. The molecule has 3 aliphatic carbocycles. The molecule has 4 atom stereocenters. The van der Waals surface area contributed by atoms with Gasteiger partial charge in [0.2, 0.25) is 0 Å². The summed E-state index contributed by atoms with van der Waals surface area (Å²) in [5.74, 6) is 1.15. The van der Waals surface area contributed by atoms with Crippen LogP contribution in [0.1, 0.15) is 87.1 Å². The summed E-state index contributed by atoms with van der Waals surface area (Å²) in [7, 11) is -2.61. The summed E-state index contributed by atoms with van der Waals surface area (Å²) in [6.45, 7) is 5.46. The maximum atomic E-state index is 12.9. The minimum absolute atomic E-state index is 0.0271. The molecule has 0 radical (unpaired) electrons. The van der Waals surface area contributed by atoms with Gasteiger partial charge in [0.25, 0.3) is 0 Å². The second kappa shape index (κ2) is 15.2. The van der Waals surface area contributed by atoms with E-state index in [1.165, 1.54) is 5.56 Å². The lowest BCUT2D eigenvalue weighted by molar-refractivity contribution is -0.144. The van der Waals surface area contributed by atoms with Crippen molar-refractivity contribution >= 4 is 31.1 Å². The van der Waals surface area contributed by atoms with E-state index in [4.69, 9.17) is 25.4 Å². The van der Waals surface area contributed by atoms with Gasteiger partial charge in [-0.05, 0) is 136 Å². The standard InChI is InChI=1S/C38H49ClN3O7P/c1-25(24-47-34-12-17-41-33-9-4-6-26(2)35(33)34)20-28-21-27-10-11-31(49-50(45,46)48-19-18-40-3)23-32(27)37(28)13-15-38(16-14-37,36(43)44)42-30-8-5-7-29(39)22-30/h5,7-8,10-12,17,22-23,25-26,28,40,42H,4,6,9,13-16,18-21,24H2,1-3H3,(H,43,44)(H,45,46)/t25-,26-,28?,37?,38?/m1/s1. The summed E-state index contributed by atoms with van der Waals surface area (Å²) in [5.41, 5.74) is 3.76. The van der Waals surface area contributed by atoms with Crippen LogP contribution in [0.15, 0.2) is 54.7 Å². The zero-order valence-corrected chi connectivity index (χ0v) is 30.8. The fraction of sp³-hybridized carbons (Fsp3) is 0.526. The highest BCUT2D eigenvalue weighted by Gasteiger charge is 2.54. The van der Waals surface area contributed by atoms with Crippen LogP contribution in [0, 0.1) is 11.8 Å². The topological polar surface area (TPSA) is 139 Å². The van der Waals surface area contributed by atoms with Crippen LogP contribution in [0.5, 0.6) is 11.5 Å². The minimum Gasteiger partial charge on any atom is -0.493 e. The summed E-state index contributed by atoms with van der Waals surface area (Å²) in [4.78, 5) is 28.0. The van der Waals surface area contributed by atoms with Crippen LogP contribution in [0.3, 0.4) is 0 Å². The lowest BCUT2D eigenvalue weighted by Crippen LogP contribution is -2.53. The monoisotopic (exact) mass is 725 g/mol. The number of aromatic nitrogens is 1. The average molecular weight is 726 g/mol. The molecule has 3 aliphatic rings. The number of fused-ring (bicyclic) bond motifs is 3. The lowest BCUT2D eigenvalue weighted by Gasteiger charge is -2.47. The number of carboxylic acid groups (broad SMARTS) is 1. The zero-order chi connectivity index (χ0) is 35.5. The SMILES string of the molecule is CNCCOP(=O)(O)Oc1ccc2c(c1)C1(CCC(Nc3cccc(Cl)c3)(C(=O)O)CC1)C(C[C@@H](C)COc1ccnc3c1[C@H](C)CCC3)C2. The highest BCUT2D eigenvalue weighted by atomic mass is 35.5. The molecule has 4 N–H and O–H groups in total. The van der Waals surface area contributed by atoms with Crippen molar-refractivity contribution in [2.24, 2.45) is 11.8 Å².